The van der Waals surface area contributed by atoms with Crippen molar-refractivity contribution in [1.82, 2.24) is 15.5 Å². The molecule has 0 amide bonds. The molecule has 1 heterocycles. The molecule has 0 atom stereocenters. The van der Waals surface area contributed by atoms with Crippen LogP contribution in [0.25, 0.3) is 11.5 Å². The van der Waals surface area contributed by atoms with Gasteiger partial charge in [0.25, 0.3) is 0 Å². The Kier molecular flexibility index (Phi) is 3.31. The summed E-state index contributed by atoms with van der Waals surface area (Å²) in [4.78, 5) is 0. The SMILES string of the molecule is CCNCc1nnc(-c2cccc(C)c2)o1. The van der Waals surface area contributed by atoms with Gasteiger partial charge in [-0.25, -0.2) is 0 Å². The highest BCUT2D eigenvalue weighted by Crippen LogP contribution is 2.18. The Labute approximate surface area is 94.7 Å². The van der Waals surface area contributed by atoms with Crippen molar-refractivity contribution in [3.8, 4) is 11.5 Å². The predicted octanol–water partition coefficient (Wildman–Crippen LogP) is 2.15. The molecule has 0 fully saturated rings. The second kappa shape index (κ2) is 4.90. The highest BCUT2D eigenvalue weighted by molar-refractivity contribution is 5.53. The summed E-state index contributed by atoms with van der Waals surface area (Å²) in [5.41, 5.74) is 2.15. The molecule has 2 rings (SSSR count). The molecule has 0 aliphatic heterocycles. The van der Waals surface area contributed by atoms with Gasteiger partial charge in [-0.1, -0.05) is 24.6 Å². The van der Waals surface area contributed by atoms with Gasteiger partial charge in [0, 0.05) is 5.56 Å². The maximum absolute atomic E-state index is 5.54. The molecule has 0 spiro atoms. The van der Waals surface area contributed by atoms with E-state index in [1.165, 1.54) is 5.56 Å². The Morgan fingerprint density at radius 1 is 1.31 bits per heavy atom. The molecule has 0 aliphatic carbocycles. The van der Waals surface area contributed by atoms with E-state index in [9.17, 15) is 0 Å². The van der Waals surface area contributed by atoms with E-state index in [1.54, 1.807) is 0 Å². The fourth-order valence-corrected chi connectivity index (χ4v) is 1.45. The second-order valence-electron chi connectivity index (χ2n) is 3.65. The highest BCUT2D eigenvalue weighted by atomic mass is 16.4. The number of nitrogens with one attached hydrogen (secondary N) is 1. The zero-order chi connectivity index (χ0) is 11.4. The average molecular weight is 217 g/mol. The van der Waals surface area contributed by atoms with Crippen LogP contribution in [0.4, 0.5) is 0 Å². The van der Waals surface area contributed by atoms with Crippen LogP contribution in [0.3, 0.4) is 0 Å². The Hall–Kier alpha value is -1.68. The topological polar surface area (TPSA) is 51.0 Å². The molecule has 0 bridgehead atoms. The standard InChI is InChI=1S/C12H15N3O/c1-3-13-8-11-14-15-12(16-11)10-6-4-5-9(2)7-10/h4-7,13H,3,8H2,1-2H3. The summed E-state index contributed by atoms with van der Waals surface area (Å²) < 4.78 is 5.54. The van der Waals surface area contributed by atoms with Gasteiger partial charge in [-0.3, -0.25) is 0 Å². The number of hydrogen-bond acceptors (Lipinski definition) is 4. The van der Waals surface area contributed by atoms with Crippen molar-refractivity contribution in [2.24, 2.45) is 0 Å². The minimum absolute atomic E-state index is 0.580. The number of hydrogen-bond donors (Lipinski definition) is 1. The number of nitrogens with zero attached hydrogens (tertiary/aromatic N) is 2. The second-order valence-corrected chi connectivity index (χ2v) is 3.65. The molecule has 0 saturated heterocycles. The van der Waals surface area contributed by atoms with Crippen LogP contribution in [0.15, 0.2) is 28.7 Å². The molecule has 84 valence electrons. The summed E-state index contributed by atoms with van der Waals surface area (Å²) in [6, 6.07) is 8.03. The third-order valence-corrected chi connectivity index (χ3v) is 2.26. The maximum Gasteiger partial charge on any atom is 0.247 e. The Bertz CT molecular complexity index is 465. The van der Waals surface area contributed by atoms with Gasteiger partial charge in [-0.2, -0.15) is 0 Å². The van der Waals surface area contributed by atoms with Crippen molar-refractivity contribution in [3.63, 3.8) is 0 Å². The van der Waals surface area contributed by atoms with Crippen molar-refractivity contribution >= 4 is 0 Å². The van der Waals surface area contributed by atoms with E-state index in [1.807, 2.05) is 38.1 Å². The van der Waals surface area contributed by atoms with Gasteiger partial charge in [0.05, 0.1) is 6.54 Å². The van der Waals surface area contributed by atoms with Crippen LogP contribution >= 0.6 is 0 Å². The van der Waals surface area contributed by atoms with Gasteiger partial charge >= 0.3 is 0 Å². The zero-order valence-corrected chi connectivity index (χ0v) is 9.53. The molecule has 1 N–H and O–H groups in total. The average Bonchev–Trinajstić information content (AvgIpc) is 2.75. The molecule has 2 aromatic rings. The fraction of sp³-hybridized carbons (Fsp3) is 0.333. The van der Waals surface area contributed by atoms with Crippen molar-refractivity contribution in [3.05, 3.63) is 35.7 Å². The number of aromatic nitrogens is 2. The van der Waals surface area contributed by atoms with Gasteiger partial charge in [0.15, 0.2) is 0 Å². The zero-order valence-electron chi connectivity index (χ0n) is 9.53. The van der Waals surface area contributed by atoms with E-state index in [4.69, 9.17) is 4.42 Å². The Balaban J connectivity index is 2.18. The monoisotopic (exact) mass is 217 g/mol. The third-order valence-electron chi connectivity index (χ3n) is 2.26. The molecule has 1 aromatic carbocycles. The van der Waals surface area contributed by atoms with Crippen LogP contribution in [0, 0.1) is 6.92 Å². The molecular weight excluding hydrogens is 202 g/mol. The van der Waals surface area contributed by atoms with Crippen LogP contribution in [-0.2, 0) is 6.54 Å². The van der Waals surface area contributed by atoms with Crippen LogP contribution in [-0.4, -0.2) is 16.7 Å². The van der Waals surface area contributed by atoms with Crippen LogP contribution in [0.5, 0.6) is 0 Å². The van der Waals surface area contributed by atoms with Crippen LogP contribution in [0.2, 0.25) is 0 Å². The van der Waals surface area contributed by atoms with E-state index in [0.717, 1.165) is 12.1 Å². The first kappa shape index (κ1) is 10.8. The largest absolute Gasteiger partial charge is 0.419 e. The molecule has 0 aliphatic rings. The summed E-state index contributed by atoms with van der Waals surface area (Å²) in [7, 11) is 0. The summed E-state index contributed by atoms with van der Waals surface area (Å²) in [6.45, 7) is 5.59. The third kappa shape index (κ3) is 2.46. The molecule has 0 unspecified atom stereocenters. The first-order valence-corrected chi connectivity index (χ1v) is 5.39. The minimum Gasteiger partial charge on any atom is -0.419 e. The van der Waals surface area contributed by atoms with Gasteiger partial charge in [-0.15, -0.1) is 10.2 Å². The van der Waals surface area contributed by atoms with Crippen molar-refractivity contribution < 1.29 is 4.42 Å². The number of benzene rings is 1. The van der Waals surface area contributed by atoms with Gasteiger partial charge < -0.3 is 9.73 Å². The van der Waals surface area contributed by atoms with E-state index in [0.29, 0.717) is 18.3 Å². The number of rotatable bonds is 4. The van der Waals surface area contributed by atoms with E-state index >= 15 is 0 Å². The Morgan fingerprint density at radius 2 is 2.19 bits per heavy atom. The first-order valence-electron chi connectivity index (χ1n) is 5.39. The molecule has 0 saturated carbocycles. The number of aryl methyl sites for hydroxylation is 1. The normalized spacial score (nSPS) is 10.6. The van der Waals surface area contributed by atoms with E-state index < -0.39 is 0 Å². The van der Waals surface area contributed by atoms with Crippen molar-refractivity contribution in [2.75, 3.05) is 6.54 Å². The lowest BCUT2D eigenvalue weighted by molar-refractivity contribution is 0.482. The van der Waals surface area contributed by atoms with Crippen molar-refractivity contribution in [2.45, 2.75) is 20.4 Å². The van der Waals surface area contributed by atoms with E-state index in [-0.39, 0.29) is 0 Å². The van der Waals surface area contributed by atoms with Gasteiger partial charge in [-0.05, 0) is 25.6 Å². The van der Waals surface area contributed by atoms with Crippen LogP contribution < -0.4 is 5.32 Å². The predicted molar refractivity (Wildman–Crippen MR) is 61.9 cm³/mol. The van der Waals surface area contributed by atoms with Gasteiger partial charge in [0.2, 0.25) is 11.8 Å². The molecule has 16 heavy (non-hydrogen) atoms. The molecule has 4 nitrogen and oxygen atoms in total. The smallest absolute Gasteiger partial charge is 0.247 e. The Morgan fingerprint density at radius 3 is 2.94 bits per heavy atom. The quantitative estimate of drug-likeness (QED) is 0.852. The molecule has 1 aromatic heterocycles. The van der Waals surface area contributed by atoms with Gasteiger partial charge in [0.1, 0.15) is 0 Å². The fourth-order valence-electron chi connectivity index (χ4n) is 1.45. The summed E-state index contributed by atoms with van der Waals surface area (Å²) in [5, 5.41) is 11.1. The lowest BCUT2D eigenvalue weighted by atomic mass is 10.1. The van der Waals surface area contributed by atoms with Crippen molar-refractivity contribution in [1.29, 1.82) is 0 Å². The maximum atomic E-state index is 5.54. The highest BCUT2D eigenvalue weighted by Gasteiger charge is 2.07. The lowest BCUT2D eigenvalue weighted by Gasteiger charge is -1.96. The molecular formula is C12H15N3O. The van der Waals surface area contributed by atoms with Crippen LogP contribution in [0.1, 0.15) is 18.4 Å². The lowest BCUT2D eigenvalue weighted by Crippen LogP contribution is -2.11. The molecule has 0 radical (unpaired) electrons. The molecule has 4 heteroatoms. The minimum atomic E-state index is 0.580. The summed E-state index contributed by atoms with van der Waals surface area (Å²) in [5.74, 6) is 1.20. The first-order chi connectivity index (χ1) is 7.79. The van der Waals surface area contributed by atoms with E-state index in [2.05, 4.69) is 15.5 Å². The summed E-state index contributed by atoms with van der Waals surface area (Å²) >= 11 is 0. The summed E-state index contributed by atoms with van der Waals surface area (Å²) in [6.07, 6.45) is 0.